The van der Waals surface area contributed by atoms with Crippen LogP contribution >= 0.6 is 0 Å². The summed E-state index contributed by atoms with van der Waals surface area (Å²) < 4.78 is 5.22. The number of hydrogen-bond donors (Lipinski definition) is 1. The smallest absolute Gasteiger partial charge is 0.312 e. The van der Waals surface area contributed by atoms with Gasteiger partial charge in [-0.05, 0) is 6.92 Å². The van der Waals surface area contributed by atoms with Crippen molar-refractivity contribution >= 4 is 11.9 Å². The molecule has 1 amide bonds. The highest BCUT2D eigenvalue weighted by molar-refractivity contribution is 5.93. The molecule has 5 heteroatoms. The Labute approximate surface area is 76.3 Å². The van der Waals surface area contributed by atoms with E-state index in [1.807, 2.05) is 6.92 Å². The maximum atomic E-state index is 11.2. The van der Waals surface area contributed by atoms with Crippen molar-refractivity contribution in [1.82, 2.24) is 4.90 Å². The van der Waals surface area contributed by atoms with Crippen molar-refractivity contribution in [3.63, 3.8) is 0 Å². The fourth-order valence-electron chi connectivity index (χ4n) is 1.29. The molecule has 1 N–H and O–H groups in total. The molecule has 1 aliphatic heterocycles. The van der Waals surface area contributed by atoms with Crippen molar-refractivity contribution in [2.24, 2.45) is 0 Å². The second-order valence-corrected chi connectivity index (χ2v) is 3.09. The maximum Gasteiger partial charge on any atom is 0.312 e. The second kappa shape index (κ2) is 4.23. The minimum Gasteiger partial charge on any atom is -0.481 e. The van der Waals surface area contributed by atoms with Gasteiger partial charge < -0.3 is 14.7 Å². The summed E-state index contributed by atoms with van der Waals surface area (Å²) in [5.41, 5.74) is 0. The third kappa shape index (κ3) is 3.02. The predicted octanol–water partition coefficient (Wildman–Crippen LogP) is -0.292. The highest BCUT2D eigenvalue weighted by Crippen LogP contribution is 2.05. The van der Waals surface area contributed by atoms with E-state index in [4.69, 9.17) is 9.84 Å². The van der Waals surface area contributed by atoms with Crippen molar-refractivity contribution in [2.75, 3.05) is 19.7 Å². The number of carboxylic acid groups (broad SMARTS) is 1. The molecule has 74 valence electrons. The Balaban J connectivity index is 2.41. The van der Waals surface area contributed by atoms with E-state index >= 15 is 0 Å². The van der Waals surface area contributed by atoms with E-state index in [1.165, 1.54) is 4.90 Å². The number of amides is 1. The number of hydrogen-bond acceptors (Lipinski definition) is 3. The Morgan fingerprint density at radius 3 is 2.85 bits per heavy atom. The van der Waals surface area contributed by atoms with E-state index in [1.54, 1.807) is 0 Å². The first-order chi connectivity index (χ1) is 6.09. The Morgan fingerprint density at radius 2 is 2.31 bits per heavy atom. The quantitative estimate of drug-likeness (QED) is 0.603. The number of carbonyl (C=O) groups excluding carboxylic acids is 1. The third-order valence-electron chi connectivity index (χ3n) is 1.90. The number of ether oxygens (including phenoxy) is 1. The van der Waals surface area contributed by atoms with Crippen LogP contribution in [0, 0.1) is 0 Å². The van der Waals surface area contributed by atoms with Crippen molar-refractivity contribution in [3.05, 3.63) is 0 Å². The summed E-state index contributed by atoms with van der Waals surface area (Å²) in [6.07, 6.45) is -0.418. The van der Waals surface area contributed by atoms with Crippen molar-refractivity contribution in [1.29, 1.82) is 0 Å². The Morgan fingerprint density at radius 1 is 1.62 bits per heavy atom. The maximum absolute atomic E-state index is 11.2. The lowest BCUT2D eigenvalue weighted by molar-refractivity contribution is -0.147. The molecule has 1 atom stereocenters. The normalized spacial score (nSPS) is 22.8. The van der Waals surface area contributed by atoms with Gasteiger partial charge >= 0.3 is 5.97 Å². The molecule has 0 aliphatic carbocycles. The van der Waals surface area contributed by atoms with Gasteiger partial charge in [0.2, 0.25) is 5.91 Å². The molecule has 0 aromatic rings. The lowest BCUT2D eigenvalue weighted by atomic mass is 10.2. The molecule has 5 nitrogen and oxygen atoms in total. The van der Waals surface area contributed by atoms with Crippen LogP contribution < -0.4 is 0 Å². The molecular formula is C8H13NO4. The summed E-state index contributed by atoms with van der Waals surface area (Å²) in [4.78, 5) is 23.0. The molecule has 13 heavy (non-hydrogen) atoms. The molecule has 0 spiro atoms. The molecule has 1 fully saturated rings. The molecule has 1 saturated heterocycles. The van der Waals surface area contributed by atoms with Gasteiger partial charge in [0.15, 0.2) is 0 Å². The highest BCUT2D eigenvalue weighted by Gasteiger charge is 2.22. The average Bonchev–Trinajstić information content (AvgIpc) is 2.03. The third-order valence-corrected chi connectivity index (χ3v) is 1.90. The summed E-state index contributed by atoms with van der Waals surface area (Å²) >= 11 is 0. The molecule has 1 rings (SSSR count). The first kappa shape index (κ1) is 9.98. The Bertz CT molecular complexity index is 216. The van der Waals surface area contributed by atoms with Gasteiger partial charge in [-0.25, -0.2) is 0 Å². The van der Waals surface area contributed by atoms with Gasteiger partial charge in [0.25, 0.3) is 0 Å². The number of nitrogens with zero attached hydrogens (tertiary/aromatic N) is 1. The van der Waals surface area contributed by atoms with Crippen molar-refractivity contribution < 1.29 is 19.4 Å². The van der Waals surface area contributed by atoms with Gasteiger partial charge in [-0.15, -0.1) is 0 Å². The number of rotatable bonds is 2. The highest BCUT2D eigenvalue weighted by atomic mass is 16.5. The Hall–Kier alpha value is -1.10. The zero-order chi connectivity index (χ0) is 9.84. The van der Waals surface area contributed by atoms with Crippen LogP contribution in [0.5, 0.6) is 0 Å². The zero-order valence-electron chi connectivity index (χ0n) is 7.52. The van der Waals surface area contributed by atoms with Gasteiger partial charge in [-0.1, -0.05) is 0 Å². The van der Waals surface area contributed by atoms with E-state index in [9.17, 15) is 9.59 Å². The number of aliphatic carboxylic acids is 1. The largest absolute Gasteiger partial charge is 0.481 e. The summed E-state index contributed by atoms with van der Waals surface area (Å²) in [5, 5.41) is 8.40. The molecule has 0 radical (unpaired) electrons. The van der Waals surface area contributed by atoms with Gasteiger partial charge in [0, 0.05) is 13.1 Å². The van der Waals surface area contributed by atoms with E-state index in [2.05, 4.69) is 0 Å². The molecule has 0 aromatic heterocycles. The lowest BCUT2D eigenvalue weighted by Gasteiger charge is -2.30. The van der Waals surface area contributed by atoms with Crippen LogP contribution in [0.25, 0.3) is 0 Å². The fourth-order valence-corrected chi connectivity index (χ4v) is 1.29. The summed E-state index contributed by atoms with van der Waals surface area (Å²) in [6, 6.07) is 0. The fraction of sp³-hybridized carbons (Fsp3) is 0.750. The van der Waals surface area contributed by atoms with Gasteiger partial charge in [-0.3, -0.25) is 9.59 Å². The summed E-state index contributed by atoms with van der Waals surface area (Å²) in [5.74, 6) is -1.41. The lowest BCUT2D eigenvalue weighted by Crippen LogP contribution is -2.45. The van der Waals surface area contributed by atoms with Crippen LogP contribution in [0.4, 0.5) is 0 Å². The standard InChI is InChI=1S/C8H13NO4/c1-6-5-9(2-3-13-6)7(10)4-8(11)12/h6H,2-5H2,1H3,(H,11,12). The molecule has 1 aliphatic rings. The SMILES string of the molecule is CC1CN(C(=O)CC(=O)O)CCO1. The first-order valence-electron chi connectivity index (χ1n) is 4.21. The zero-order valence-corrected chi connectivity index (χ0v) is 7.52. The van der Waals surface area contributed by atoms with Crippen LogP contribution in [-0.4, -0.2) is 47.7 Å². The van der Waals surface area contributed by atoms with Crippen molar-refractivity contribution in [3.8, 4) is 0 Å². The summed E-state index contributed by atoms with van der Waals surface area (Å²) in [7, 11) is 0. The minimum absolute atomic E-state index is 0.00601. The van der Waals surface area contributed by atoms with Crippen molar-refractivity contribution in [2.45, 2.75) is 19.4 Å². The summed E-state index contributed by atoms with van der Waals surface area (Å²) in [6.45, 7) is 3.34. The van der Waals surface area contributed by atoms with Gasteiger partial charge in [0.05, 0.1) is 12.7 Å². The van der Waals surface area contributed by atoms with Crippen LogP contribution in [0.15, 0.2) is 0 Å². The second-order valence-electron chi connectivity index (χ2n) is 3.09. The van der Waals surface area contributed by atoms with Crippen LogP contribution in [0.2, 0.25) is 0 Å². The molecule has 0 bridgehead atoms. The molecule has 1 unspecified atom stereocenters. The van der Waals surface area contributed by atoms with Crippen LogP contribution in [-0.2, 0) is 14.3 Å². The monoisotopic (exact) mass is 187 g/mol. The number of carbonyl (C=O) groups is 2. The molecular weight excluding hydrogens is 174 g/mol. The van der Waals surface area contributed by atoms with Crippen LogP contribution in [0.1, 0.15) is 13.3 Å². The Kier molecular flexibility index (Phi) is 3.25. The van der Waals surface area contributed by atoms with E-state index < -0.39 is 12.4 Å². The minimum atomic E-state index is -1.08. The molecule has 1 heterocycles. The predicted molar refractivity (Wildman–Crippen MR) is 44.2 cm³/mol. The van der Waals surface area contributed by atoms with Gasteiger partial charge in [0.1, 0.15) is 6.42 Å². The molecule has 0 aromatic carbocycles. The first-order valence-corrected chi connectivity index (χ1v) is 4.21. The van der Waals surface area contributed by atoms with E-state index in [-0.39, 0.29) is 12.0 Å². The van der Waals surface area contributed by atoms with Crippen LogP contribution in [0.3, 0.4) is 0 Å². The topological polar surface area (TPSA) is 66.8 Å². The van der Waals surface area contributed by atoms with E-state index in [0.717, 1.165) is 0 Å². The van der Waals surface area contributed by atoms with E-state index in [0.29, 0.717) is 19.7 Å². The average molecular weight is 187 g/mol. The van der Waals surface area contributed by atoms with Gasteiger partial charge in [-0.2, -0.15) is 0 Å². The number of carboxylic acids is 1. The number of morpholine rings is 1. The molecule has 0 saturated carbocycles.